The highest BCUT2D eigenvalue weighted by Crippen LogP contribution is 2.25. The van der Waals surface area contributed by atoms with Crippen molar-refractivity contribution in [1.29, 1.82) is 0 Å². The second kappa shape index (κ2) is 7.80. The molecule has 7 heteroatoms. The first-order chi connectivity index (χ1) is 11.3. The highest BCUT2D eigenvalue weighted by atomic mass is 32.2. The lowest BCUT2D eigenvalue weighted by atomic mass is 10.2. The Bertz CT molecular complexity index is 621. The van der Waals surface area contributed by atoms with Crippen molar-refractivity contribution in [2.45, 2.75) is 76.1 Å². The molecular formula is C17H29N3O3S. The number of nitrogens with zero attached hydrogens (tertiary/aromatic N) is 2. The first kappa shape index (κ1) is 19.1. The van der Waals surface area contributed by atoms with Crippen molar-refractivity contribution in [2.75, 3.05) is 12.4 Å². The van der Waals surface area contributed by atoms with Gasteiger partial charge in [-0.3, -0.25) is 0 Å². The molecule has 1 aliphatic rings. The zero-order valence-electron chi connectivity index (χ0n) is 15.2. The van der Waals surface area contributed by atoms with Gasteiger partial charge >= 0.3 is 0 Å². The number of ether oxygens (including phenoxy) is 1. The summed E-state index contributed by atoms with van der Waals surface area (Å²) in [5.74, 6) is 0.705. The third-order valence-corrected chi connectivity index (χ3v) is 6.64. The number of aromatic nitrogens is 1. The fraction of sp³-hybridized carbons (Fsp3) is 0.706. The molecule has 6 nitrogen and oxygen atoms in total. The first-order valence-corrected chi connectivity index (χ1v) is 9.98. The molecule has 1 saturated carbocycles. The lowest BCUT2D eigenvalue weighted by Crippen LogP contribution is -2.41. The molecule has 2 unspecified atom stereocenters. The molecule has 2 rings (SSSR count). The van der Waals surface area contributed by atoms with Crippen molar-refractivity contribution in [3.8, 4) is 0 Å². The zero-order valence-corrected chi connectivity index (χ0v) is 16.0. The van der Waals surface area contributed by atoms with Gasteiger partial charge in [0, 0.05) is 31.4 Å². The van der Waals surface area contributed by atoms with E-state index in [1.54, 1.807) is 19.2 Å². The number of nitrogens with one attached hydrogen (secondary N) is 1. The van der Waals surface area contributed by atoms with E-state index in [4.69, 9.17) is 4.74 Å². The quantitative estimate of drug-likeness (QED) is 0.814. The molecular weight excluding hydrogens is 326 g/mol. The fourth-order valence-electron chi connectivity index (χ4n) is 3.39. The van der Waals surface area contributed by atoms with Crippen molar-refractivity contribution >= 4 is 15.8 Å². The predicted octanol–water partition coefficient (Wildman–Crippen LogP) is 2.87. The molecule has 1 aromatic rings. The maximum absolute atomic E-state index is 12.8. The van der Waals surface area contributed by atoms with E-state index < -0.39 is 10.0 Å². The molecule has 0 bridgehead atoms. The third kappa shape index (κ3) is 4.26. The van der Waals surface area contributed by atoms with Gasteiger partial charge in [-0.15, -0.1) is 0 Å². The smallest absolute Gasteiger partial charge is 0.245 e. The van der Waals surface area contributed by atoms with Crippen LogP contribution in [0.3, 0.4) is 0 Å². The van der Waals surface area contributed by atoms with Crippen LogP contribution in [0.1, 0.15) is 47.0 Å². The fourth-order valence-corrected chi connectivity index (χ4v) is 5.17. The summed E-state index contributed by atoms with van der Waals surface area (Å²) >= 11 is 0. The van der Waals surface area contributed by atoms with Gasteiger partial charge in [0.2, 0.25) is 10.0 Å². The molecule has 1 heterocycles. The van der Waals surface area contributed by atoms with Gasteiger partial charge in [0.05, 0.1) is 6.10 Å². The summed E-state index contributed by atoms with van der Waals surface area (Å²) in [5, 5.41) is 3.36. The number of hydrogen-bond acceptors (Lipinski definition) is 5. The van der Waals surface area contributed by atoms with Crippen LogP contribution >= 0.6 is 0 Å². The summed E-state index contributed by atoms with van der Waals surface area (Å²) in [6.45, 7) is 7.53. The van der Waals surface area contributed by atoms with Gasteiger partial charge in [0.15, 0.2) is 0 Å². The van der Waals surface area contributed by atoms with E-state index in [0.29, 0.717) is 18.0 Å². The van der Waals surface area contributed by atoms with E-state index in [0.717, 1.165) is 19.3 Å². The summed E-state index contributed by atoms with van der Waals surface area (Å²) < 4.78 is 32.5. The highest BCUT2D eigenvalue weighted by molar-refractivity contribution is 7.89. The van der Waals surface area contributed by atoms with Gasteiger partial charge in [0.1, 0.15) is 10.7 Å². The van der Waals surface area contributed by atoms with Crippen LogP contribution < -0.4 is 5.32 Å². The van der Waals surface area contributed by atoms with Gasteiger partial charge < -0.3 is 10.1 Å². The first-order valence-electron chi connectivity index (χ1n) is 8.54. The van der Waals surface area contributed by atoms with Crippen LogP contribution in [0.2, 0.25) is 0 Å². The van der Waals surface area contributed by atoms with Crippen molar-refractivity contribution in [3.63, 3.8) is 0 Å². The third-order valence-electron chi connectivity index (χ3n) is 4.40. The summed E-state index contributed by atoms with van der Waals surface area (Å²) in [6.07, 6.45) is 4.77. The largest absolute Gasteiger partial charge is 0.381 e. The topological polar surface area (TPSA) is 71.5 Å². The molecule has 24 heavy (non-hydrogen) atoms. The van der Waals surface area contributed by atoms with Crippen molar-refractivity contribution in [2.24, 2.45) is 0 Å². The van der Waals surface area contributed by atoms with Gasteiger partial charge in [-0.25, -0.2) is 13.4 Å². The van der Waals surface area contributed by atoms with Crippen molar-refractivity contribution in [3.05, 3.63) is 18.3 Å². The molecule has 0 aromatic carbocycles. The Morgan fingerprint density at radius 3 is 2.33 bits per heavy atom. The number of sulfonamides is 1. The zero-order chi connectivity index (χ0) is 17.9. The standard InChI is InChI=1S/C17H29N3O3S/c1-12(2)20(13(3)4)24(21,22)16-8-9-17(18-11-16)19-14-6-7-15(10-14)23-5/h8-9,11-15H,6-7,10H2,1-5H3,(H,18,19). The van der Waals surface area contributed by atoms with Crippen LogP contribution in [0, 0.1) is 0 Å². The number of pyridine rings is 1. The average Bonchev–Trinajstić information content (AvgIpc) is 2.94. The van der Waals surface area contributed by atoms with E-state index in [-0.39, 0.29) is 17.0 Å². The van der Waals surface area contributed by atoms with Crippen molar-refractivity contribution in [1.82, 2.24) is 9.29 Å². The van der Waals surface area contributed by atoms with Gasteiger partial charge in [0.25, 0.3) is 0 Å². The molecule has 0 radical (unpaired) electrons. The highest BCUT2D eigenvalue weighted by Gasteiger charge is 2.30. The molecule has 1 aromatic heterocycles. The predicted molar refractivity (Wildman–Crippen MR) is 95.6 cm³/mol. The minimum Gasteiger partial charge on any atom is -0.381 e. The summed E-state index contributed by atoms with van der Waals surface area (Å²) in [6, 6.07) is 3.50. The maximum atomic E-state index is 12.8. The Labute approximate surface area is 145 Å². The van der Waals surface area contributed by atoms with Crippen LogP contribution in [0.4, 0.5) is 5.82 Å². The van der Waals surface area contributed by atoms with Crippen LogP contribution in [0.25, 0.3) is 0 Å². The van der Waals surface area contributed by atoms with E-state index in [9.17, 15) is 8.42 Å². The Hall–Kier alpha value is -1.18. The molecule has 1 aliphatic carbocycles. The van der Waals surface area contributed by atoms with E-state index in [2.05, 4.69) is 10.3 Å². The molecule has 0 amide bonds. The second-order valence-corrected chi connectivity index (χ2v) is 8.76. The summed E-state index contributed by atoms with van der Waals surface area (Å²) in [7, 11) is -1.80. The molecule has 1 N–H and O–H groups in total. The average molecular weight is 356 g/mol. The Kier molecular flexibility index (Phi) is 6.22. The lowest BCUT2D eigenvalue weighted by molar-refractivity contribution is 0.108. The minimum atomic E-state index is -3.53. The Balaban J connectivity index is 2.11. The molecule has 0 saturated heterocycles. The normalized spacial score (nSPS) is 21.8. The van der Waals surface area contributed by atoms with E-state index in [1.807, 2.05) is 27.7 Å². The number of rotatable bonds is 7. The number of methoxy groups -OCH3 is 1. The molecule has 1 fully saturated rings. The van der Waals surface area contributed by atoms with Crippen LogP contribution in [-0.2, 0) is 14.8 Å². The van der Waals surface area contributed by atoms with Crippen LogP contribution in [-0.4, -0.2) is 49.0 Å². The number of hydrogen-bond donors (Lipinski definition) is 1. The summed E-state index contributed by atoms with van der Waals surface area (Å²) in [4.78, 5) is 4.54. The van der Waals surface area contributed by atoms with E-state index >= 15 is 0 Å². The molecule has 0 aliphatic heterocycles. The van der Waals surface area contributed by atoms with Gasteiger partial charge in [-0.2, -0.15) is 4.31 Å². The second-order valence-electron chi connectivity index (χ2n) is 6.91. The lowest BCUT2D eigenvalue weighted by Gasteiger charge is -2.29. The van der Waals surface area contributed by atoms with Gasteiger partial charge in [-0.05, 0) is 59.1 Å². The SMILES string of the molecule is COC1CCC(Nc2ccc(S(=O)(=O)N(C(C)C)C(C)C)cn2)C1. The molecule has 0 spiro atoms. The Morgan fingerprint density at radius 1 is 1.21 bits per heavy atom. The van der Waals surface area contributed by atoms with Crippen LogP contribution in [0.15, 0.2) is 23.2 Å². The maximum Gasteiger partial charge on any atom is 0.245 e. The molecule has 2 atom stereocenters. The van der Waals surface area contributed by atoms with E-state index in [1.165, 1.54) is 10.5 Å². The Morgan fingerprint density at radius 2 is 1.88 bits per heavy atom. The minimum absolute atomic E-state index is 0.0998. The monoisotopic (exact) mass is 355 g/mol. The number of anilines is 1. The molecule has 136 valence electrons. The van der Waals surface area contributed by atoms with Gasteiger partial charge in [-0.1, -0.05) is 0 Å². The van der Waals surface area contributed by atoms with Crippen LogP contribution in [0.5, 0.6) is 0 Å². The van der Waals surface area contributed by atoms with Crippen molar-refractivity contribution < 1.29 is 13.2 Å². The summed E-state index contributed by atoms with van der Waals surface area (Å²) in [5.41, 5.74) is 0.